The summed E-state index contributed by atoms with van der Waals surface area (Å²) in [5, 5.41) is 9.37. The predicted molar refractivity (Wildman–Crippen MR) is 78.5 cm³/mol. The summed E-state index contributed by atoms with van der Waals surface area (Å²) in [5.74, 6) is 1.02. The molecule has 0 saturated carbocycles. The zero-order chi connectivity index (χ0) is 13.8. The van der Waals surface area contributed by atoms with Gasteiger partial charge in [0.1, 0.15) is 5.82 Å². The number of likely N-dealkylation sites (N-methyl/N-ethyl adjacent to an activating group) is 1. The Kier molecular flexibility index (Phi) is 4.77. The summed E-state index contributed by atoms with van der Waals surface area (Å²) in [7, 11) is 2.19. The fourth-order valence-corrected chi connectivity index (χ4v) is 2.66. The summed E-state index contributed by atoms with van der Waals surface area (Å²) in [6, 6.07) is 4.62. The van der Waals surface area contributed by atoms with E-state index in [1.54, 1.807) is 0 Å². The van der Waals surface area contributed by atoms with Crippen molar-refractivity contribution in [2.24, 2.45) is 0 Å². The summed E-state index contributed by atoms with van der Waals surface area (Å²) >= 11 is 0. The van der Waals surface area contributed by atoms with Crippen molar-refractivity contribution in [3.63, 3.8) is 0 Å². The smallest absolute Gasteiger partial charge is 0.129 e. The number of anilines is 1. The highest BCUT2D eigenvalue weighted by atomic mass is 16.3. The summed E-state index contributed by atoms with van der Waals surface area (Å²) in [5.41, 5.74) is 2.03. The van der Waals surface area contributed by atoms with E-state index in [1.807, 2.05) is 12.1 Å². The van der Waals surface area contributed by atoms with Gasteiger partial charge in [-0.2, -0.15) is 0 Å². The van der Waals surface area contributed by atoms with Crippen LogP contribution in [-0.4, -0.2) is 47.7 Å². The molecule has 0 aliphatic carbocycles. The Morgan fingerprint density at radius 2 is 2.11 bits per heavy atom. The predicted octanol–water partition coefficient (Wildman–Crippen LogP) is 1.67. The van der Waals surface area contributed by atoms with Crippen LogP contribution in [0.1, 0.15) is 31.5 Å². The lowest BCUT2D eigenvalue weighted by Crippen LogP contribution is -2.51. The fourth-order valence-electron chi connectivity index (χ4n) is 2.66. The molecule has 0 aromatic carbocycles. The zero-order valence-corrected chi connectivity index (χ0v) is 12.3. The van der Waals surface area contributed by atoms with E-state index in [-0.39, 0.29) is 6.61 Å². The molecule has 0 spiro atoms. The molecule has 0 bridgehead atoms. The number of nitrogens with zero attached hydrogens (tertiary/aromatic N) is 3. The van der Waals surface area contributed by atoms with Crippen molar-refractivity contribution >= 4 is 5.82 Å². The number of aliphatic hydroxyl groups is 1. The third-order valence-corrected chi connectivity index (χ3v) is 4.04. The van der Waals surface area contributed by atoms with Crippen molar-refractivity contribution in [1.29, 1.82) is 0 Å². The van der Waals surface area contributed by atoms with Gasteiger partial charge in [0.15, 0.2) is 0 Å². The number of aromatic nitrogens is 1. The van der Waals surface area contributed by atoms with Gasteiger partial charge >= 0.3 is 0 Å². The summed E-state index contributed by atoms with van der Waals surface area (Å²) in [6.45, 7) is 7.54. The van der Waals surface area contributed by atoms with Crippen molar-refractivity contribution in [2.45, 2.75) is 39.3 Å². The molecule has 1 N–H and O–H groups in total. The lowest BCUT2D eigenvalue weighted by atomic mass is 10.1. The number of hydrogen-bond donors (Lipinski definition) is 1. The standard InChI is InChI=1S/C15H25N3O/c1-4-13-8-12(11-19)9-15(16-13)18-7-6-17(3)14(5-2)10-18/h8-9,14,19H,4-7,10-11H2,1-3H3. The van der Waals surface area contributed by atoms with Crippen LogP contribution in [0, 0.1) is 0 Å². The Bertz CT molecular complexity index is 400. The first-order chi connectivity index (χ1) is 9.17. The van der Waals surface area contributed by atoms with E-state index in [0.29, 0.717) is 6.04 Å². The van der Waals surface area contributed by atoms with Crippen LogP contribution in [0.15, 0.2) is 12.1 Å². The molecular formula is C15H25N3O. The maximum absolute atomic E-state index is 9.37. The molecule has 1 aliphatic rings. The highest BCUT2D eigenvalue weighted by molar-refractivity contribution is 5.43. The van der Waals surface area contributed by atoms with Crippen LogP contribution in [0.3, 0.4) is 0 Å². The third-order valence-electron chi connectivity index (χ3n) is 4.04. The molecule has 4 nitrogen and oxygen atoms in total. The van der Waals surface area contributed by atoms with Crippen LogP contribution < -0.4 is 4.90 Å². The van der Waals surface area contributed by atoms with E-state index in [1.165, 1.54) is 0 Å². The van der Waals surface area contributed by atoms with Gasteiger partial charge in [0.05, 0.1) is 6.61 Å². The molecule has 106 valence electrons. The number of rotatable bonds is 4. The summed E-state index contributed by atoms with van der Waals surface area (Å²) < 4.78 is 0. The lowest BCUT2D eigenvalue weighted by Gasteiger charge is -2.40. The molecule has 4 heteroatoms. The van der Waals surface area contributed by atoms with Gasteiger partial charge in [0.25, 0.3) is 0 Å². The molecule has 1 saturated heterocycles. The molecule has 1 aromatic rings. The van der Waals surface area contributed by atoms with E-state index in [0.717, 1.165) is 49.6 Å². The minimum Gasteiger partial charge on any atom is -0.392 e. The van der Waals surface area contributed by atoms with Gasteiger partial charge in [-0.3, -0.25) is 4.90 Å². The second-order valence-corrected chi connectivity index (χ2v) is 5.33. The Hall–Kier alpha value is -1.13. The monoisotopic (exact) mass is 263 g/mol. The second kappa shape index (κ2) is 6.35. The number of piperazine rings is 1. The molecule has 19 heavy (non-hydrogen) atoms. The zero-order valence-electron chi connectivity index (χ0n) is 12.3. The molecule has 1 aromatic heterocycles. The molecule has 1 aliphatic heterocycles. The lowest BCUT2D eigenvalue weighted by molar-refractivity contribution is 0.213. The van der Waals surface area contributed by atoms with Crippen molar-refractivity contribution in [3.8, 4) is 0 Å². The Balaban J connectivity index is 2.21. The normalized spacial score (nSPS) is 20.8. The van der Waals surface area contributed by atoms with Crippen molar-refractivity contribution in [1.82, 2.24) is 9.88 Å². The fraction of sp³-hybridized carbons (Fsp3) is 0.667. The Labute approximate surface area is 116 Å². The largest absolute Gasteiger partial charge is 0.392 e. The van der Waals surface area contributed by atoms with E-state index in [9.17, 15) is 5.11 Å². The van der Waals surface area contributed by atoms with Gasteiger partial charge in [-0.1, -0.05) is 13.8 Å². The Morgan fingerprint density at radius 3 is 2.74 bits per heavy atom. The minimum atomic E-state index is 0.0907. The van der Waals surface area contributed by atoms with Gasteiger partial charge < -0.3 is 10.0 Å². The van der Waals surface area contributed by atoms with Gasteiger partial charge in [0.2, 0.25) is 0 Å². The van der Waals surface area contributed by atoms with E-state index < -0.39 is 0 Å². The minimum absolute atomic E-state index is 0.0907. The number of aliphatic hydroxyl groups excluding tert-OH is 1. The van der Waals surface area contributed by atoms with Crippen molar-refractivity contribution < 1.29 is 5.11 Å². The van der Waals surface area contributed by atoms with Crippen molar-refractivity contribution in [2.75, 3.05) is 31.6 Å². The second-order valence-electron chi connectivity index (χ2n) is 5.33. The van der Waals surface area contributed by atoms with Gasteiger partial charge in [0, 0.05) is 31.4 Å². The highest BCUT2D eigenvalue weighted by Crippen LogP contribution is 2.20. The molecule has 1 atom stereocenters. The van der Waals surface area contributed by atoms with Crippen LogP contribution in [0.2, 0.25) is 0 Å². The SMILES string of the molecule is CCc1cc(CO)cc(N2CCN(C)C(CC)C2)n1. The molecule has 2 rings (SSSR count). The Morgan fingerprint density at radius 1 is 1.32 bits per heavy atom. The maximum atomic E-state index is 9.37. The van der Waals surface area contributed by atoms with Crippen LogP contribution >= 0.6 is 0 Å². The highest BCUT2D eigenvalue weighted by Gasteiger charge is 2.23. The third kappa shape index (κ3) is 3.25. The molecule has 1 fully saturated rings. The molecular weight excluding hydrogens is 238 g/mol. The molecule has 2 heterocycles. The van der Waals surface area contributed by atoms with Gasteiger partial charge in [-0.05, 0) is 37.6 Å². The summed E-state index contributed by atoms with van der Waals surface area (Å²) in [6.07, 6.45) is 2.07. The van der Waals surface area contributed by atoms with Crippen LogP contribution in [0.25, 0.3) is 0 Å². The number of aryl methyl sites for hydroxylation is 1. The van der Waals surface area contributed by atoms with E-state index in [4.69, 9.17) is 4.98 Å². The average Bonchev–Trinajstić information content (AvgIpc) is 2.47. The van der Waals surface area contributed by atoms with Crippen LogP contribution in [-0.2, 0) is 13.0 Å². The topological polar surface area (TPSA) is 39.6 Å². The van der Waals surface area contributed by atoms with Crippen molar-refractivity contribution in [3.05, 3.63) is 23.4 Å². The first-order valence-electron chi connectivity index (χ1n) is 7.23. The molecule has 1 unspecified atom stereocenters. The summed E-state index contributed by atoms with van der Waals surface area (Å²) in [4.78, 5) is 9.49. The number of pyridine rings is 1. The maximum Gasteiger partial charge on any atom is 0.129 e. The first-order valence-corrected chi connectivity index (χ1v) is 7.23. The quantitative estimate of drug-likeness (QED) is 0.897. The van der Waals surface area contributed by atoms with E-state index >= 15 is 0 Å². The van der Waals surface area contributed by atoms with Crippen LogP contribution in [0.5, 0.6) is 0 Å². The first kappa shape index (κ1) is 14.3. The molecule has 0 amide bonds. The van der Waals surface area contributed by atoms with Gasteiger partial charge in [-0.15, -0.1) is 0 Å². The van der Waals surface area contributed by atoms with Gasteiger partial charge in [-0.25, -0.2) is 4.98 Å². The molecule has 0 radical (unpaired) electrons. The van der Waals surface area contributed by atoms with Crippen LogP contribution in [0.4, 0.5) is 5.82 Å². The number of hydrogen-bond acceptors (Lipinski definition) is 4. The average molecular weight is 263 g/mol. The van der Waals surface area contributed by atoms with E-state index in [2.05, 4.69) is 30.7 Å².